The van der Waals surface area contributed by atoms with Gasteiger partial charge in [-0.25, -0.2) is 13.6 Å². The van der Waals surface area contributed by atoms with Crippen molar-refractivity contribution >= 4 is 5.97 Å². The van der Waals surface area contributed by atoms with E-state index >= 15 is 0 Å². The number of aryl methyl sites for hydroxylation is 1. The summed E-state index contributed by atoms with van der Waals surface area (Å²) >= 11 is 0. The van der Waals surface area contributed by atoms with Crippen molar-refractivity contribution in [2.75, 3.05) is 0 Å². The molecule has 2 rings (SSSR count). The second-order valence-electron chi connectivity index (χ2n) is 3.70. The molecule has 0 aliphatic heterocycles. The van der Waals surface area contributed by atoms with Gasteiger partial charge < -0.3 is 5.11 Å². The molecule has 1 N–H and O–H groups in total. The minimum absolute atomic E-state index is 0.259. The number of aromatic carboxylic acids is 1. The Balaban J connectivity index is 2.50. The van der Waals surface area contributed by atoms with Crippen LogP contribution in [0.3, 0.4) is 0 Å². The summed E-state index contributed by atoms with van der Waals surface area (Å²) < 4.78 is 28.6. The van der Waals surface area contributed by atoms with Crippen molar-refractivity contribution in [3.8, 4) is 11.1 Å². The number of nitrogens with zero attached hydrogens (tertiary/aromatic N) is 2. The first-order valence-corrected chi connectivity index (χ1v) is 5.28. The normalized spacial score (nSPS) is 10.6. The van der Waals surface area contributed by atoms with Crippen LogP contribution in [-0.4, -0.2) is 20.9 Å². The minimum atomic E-state index is -1.62. The van der Waals surface area contributed by atoms with Crippen LogP contribution in [0.1, 0.15) is 17.3 Å². The molecule has 0 radical (unpaired) electrons. The maximum absolute atomic E-state index is 13.5. The van der Waals surface area contributed by atoms with Crippen molar-refractivity contribution in [1.82, 2.24) is 9.78 Å². The first-order chi connectivity index (χ1) is 8.52. The lowest BCUT2D eigenvalue weighted by molar-refractivity contribution is 0.0686. The van der Waals surface area contributed by atoms with E-state index in [2.05, 4.69) is 5.10 Å². The molecule has 6 heteroatoms. The molecule has 2 aromatic rings. The molecule has 0 amide bonds. The van der Waals surface area contributed by atoms with Crippen LogP contribution in [0.4, 0.5) is 8.78 Å². The molecular formula is C12H10F2N2O2. The maximum Gasteiger partial charge on any atom is 0.341 e. The van der Waals surface area contributed by atoms with Gasteiger partial charge in [-0.3, -0.25) is 4.68 Å². The molecule has 0 fully saturated rings. The predicted molar refractivity (Wildman–Crippen MR) is 60.2 cm³/mol. The highest BCUT2D eigenvalue weighted by molar-refractivity contribution is 5.89. The predicted octanol–water partition coefficient (Wildman–Crippen LogP) is 2.55. The van der Waals surface area contributed by atoms with Crippen LogP contribution in [0.5, 0.6) is 0 Å². The molecule has 0 saturated heterocycles. The molecule has 0 aliphatic rings. The van der Waals surface area contributed by atoms with Crippen LogP contribution in [0.15, 0.2) is 24.5 Å². The standard InChI is InChI=1S/C12H10F2N2O2/c1-2-16-6-8(5-15-16)7-3-9(13)11(12(17)18)10(14)4-7/h3-6H,2H2,1H3,(H,17,18). The van der Waals surface area contributed by atoms with E-state index < -0.39 is 23.2 Å². The summed E-state index contributed by atoms with van der Waals surface area (Å²) in [5.74, 6) is -3.82. The van der Waals surface area contributed by atoms with Crippen LogP contribution in [0.2, 0.25) is 0 Å². The van der Waals surface area contributed by atoms with E-state index in [-0.39, 0.29) is 5.56 Å². The highest BCUT2D eigenvalue weighted by Gasteiger charge is 2.18. The molecule has 0 spiro atoms. The van der Waals surface area contributed by atoms with E-state index in [4.69, 9.17) is 5.11 Å². The minimum Gasteiger partial charge on any atom is -0.477 e. The van der Waals surface area contributed by atoms with Gasteiger partial charge in [-0.2, -0.15) is 5.10 Å². The number of carboxylic acids is 1. The SMILES string of the molecule is CCn1cc(-c2cc(F)c(C(=O)O)c(F)c2)cn1. The maximum atomic E-state index is 13.5. The Bertz CT molecular complexity index is 585. The van der Waals surface area contributed by atoms with Crippen molar-refractivity contribution in [1.29, 1.82) is 0 Å². The molecule has 0 bridgehead atoms. The lowest BCUT2D eigenvalue weighted by Crippen LogP contribution is -2.04. The molecule has 0 unspecified atom stereocenters. The Morgan fingerprint density at radius 1 is 1.33 bits per heavy atom. The number of carbonyl (C=O) groups is 1. The average Bonchev–Trinajstić information content (AvgIpc) is 2.75. The summed E-state index contributed by atoms with van der Waals surface area (Å²) in [5.41, 5.74) is -0.150. The number of benzene rings is 1. The first-order valence-electron chi connectivity index (χ1n) is 5.28. The van der Waals surface area contributed by atoms with E-state index in [1.807, 2.05) is 6.92 Å². The fraction of sp³-hybridized carbons (Fsp3) is 0.167. The molecule has 1 aromatic carbocycles. The molecular weight excluding hydrogens is 242 g/mol. The summed E-state index contributed by atoms with van der Waals surface area (Å²) in [5, 5.41) is 12.6. The van der Waals surface area contributed by atoms with E-state index in [1.165, 1.54) is 6.20 Å². The van der Waals surface area contributed by atoms with Crippen LogP contribution in [-0.2, 0) is 6.54 Å². The van der Waals surface area contributed by atoms with Gasteiger partial charge in [0.1, 0.15) is 17.2 Å². The highest BCUT2D eigenvalue weighted by Crippen LogP contribution is 2.24. The zero-order valence-electron chi connectivity index (χ0n) is 9.52. The zero-order valence-corrected chi connectivity index (χ0v) is 9.52. The average molecular weight is 252 g/mol. The fourth-order valence-electron chi connectivity index (χ4n) is 1.63. The first kappa shape index (κ1) is 12.2. The Labute approximate surface area is 101 Å². The van der Waals surface area contributed by atoms with Gasteiger partial charge in [0.15, 0.2) is 0 Å². The van der Waals surface area contributed by atoms with E-state index in [9.17, 15) is 13.6 Å². The molecule has 1 aromatic heterocycles. The number of halogens is 2. The smallest absolute Gasteiger partial charge is 0.341 e. The molecule has 94 valence electrons. The van der Waals surface area contributed by atoms with Crippen LogP contribution in [0.25, 0.3) is 11.1 Å². The Morgan fingerprint density at radius 3 is 2.39 bits per heavy atom. The van der Waals surface area contributed by atoms with Crippen LogP contribution < -0.4 is 0 Å². The van der Waals surface area contributed by atoms with Gasteiger partial charge in [0.25, 0.3) is 0 Å². The largest absolute Gasteiger partial charge is 0.477 e. The summed E-state index contributed by atoms with van der Waals surface area (Å²) in [6.07, 6.45) is 3.10. The van der Waals surface area contributed by atoms with Gasteiger partial charge in [0, 0.05) is 18.3 Å². The van der Waals surface area contributed by atoms with Crippen molar-refractivity contribution in [2.45, 2.75) is 13.5 Å². The third-order valence-corrected chi connectivity index (χ3v) is 2.55. The quantitative estimate of drug-likeness (QED) is 0.913. The highest BCUT2D eigenvalue weighted by atomic mass is 19.1. The summed E-state index contributed by atoms with van der Waals surface area (Å²) in [4.78, 5) is 10.6. The molecule has 4 nitrogen and oxygen atoms in total. The number of carboxylic acid groups (broad SMARTS) is 1. The van der Waals surface area contributed by atoms with Gasteiger partial charge in [0.05, 0.1) is 6.20 Å². The third-order valence-electron chi connectivity index (χ3n) is 2.55. The second kappa shape index (κ2) is 4.56. The van der Waals surface area contributed by atoms with E-state index in [1.54, 1.807) is 10.9 Å². The molecule has 18 heavy (non-hydrogen) atoms. The Kier molecular flexibility index (Phi) is 3.10. The van der Waals surface area contributed by atoms with Gasteiger partial charge in [-0.05, 0) is 24.6 Å². The van der Waals surface area contributed by atoms with Crippen LogP contribution in [0, 0.1) is 11.6 Å². The lowest BCUT2D eigenvalue weighted by atomic mass is 10.1. The van der Waals surface area contributed by atoms with Gasteiger partial charge in [-0.1, -0.05) is 0 Å². The van der Waals surface area contributed by atoms with Crippen LogP contribution >= 0.6 is 0 Å². The Morgan fingerprint density at radius 2 is 1.94 bits per heavy atom. The van der Waals surface area contributed by atoms with Gasteiger partial charge in [0.2, 0.25) is 0 Å². The molecule has 0 atom stereocenters. The van der Waals surface area contributed by atoms with Gasteiger partial charge in [-0.15, -0.1) is 0 Å². The summed E-state index contributed by atoms with van der Waals surface area (Å²) in [7, 11) is 0. The molecule has 0 saturated carbocycles. The number of rotatable bonds is 3. The summed E-state index contributed by atoms with van der Waals surface area (Å²) in [6, 6.07) is 1.98. The fourth-order valence-corrected chi connectivity index (χ4v) is 1.63. The monoisotopic (exact) mass is 252 g/mol. The molecule has 1 heterocycles. The lowest BCUT2D eigenvalue weighted by Gasteiger charge is -2.03. The topological polar surface area (TPSA) is 55.1 Å². The number of aromatic nitrogens is 2. The third kappa shape index (κ3) is 2.09. The summed E-state index contributed by atoms with van der Waals surface area (Å²) in [6.45, 7) is 2.52. The van der Waals surface area contributed by atoms with Crippen molar-refractivity contribution in [2.24, 2.45) is 0 Å². The Hall–Kier alpha value is -2.24. The van der Waals surface area contributed by atoms with Crippen molar-refractivity contribution in [3.05, 3.63) is 41.7 Å². The van der Waals surface area contributed by atoms with Crippen molar-refractivity contribution in [3.63, 3.8) is 0 Å². The van der Waals surface area contributed by atoms with E-state index in [0.29, 0.717) is 12.1 Å². The van der Waals surface area contributed by atoms with Crippen molar-refractivity contribution < 1.29 is 18.7 Å². The van der Waals surface area contributed by atoms with E-state index in [0.717, 1.165) is 12.1 Å². The number of hydrogen-bond donors (Lipinski definition) is 1. The zero-order chi connectivity index (χ0) is 13.3. The van der Waals surface area contributed by atoms with Gasteiger partial charge >= 0.3 is 5.97 Å². The molecule has 0 aliphatic carbocycles. The number of hydrogen-bond acceptors (Lipinski definition) is 2. The second-order valence-corrected chi connectivity index (χ2v) is 3.70.